The van der Waals surface area contributed by atoms with Crippen LogP contribution in [0.2, 0.25) is 0 Å². The van der Waals surface area contributed by atoms with Crippen molar-refractivity contribution in [2.24, 2.45) is 11.8 Å². The molecule has 8 heterocycles. The largest absolute Gasteiger partial charge is 0.381 e. The van der Waals surface area contributed by atoms with Gasteiger partial charge < -0.3 is 24.8 Å². The minimum Gasteiger partial charge on any atom is -0.381 e. The Labute approximate surface area is 361 Å². The maximum atomic E-state index is 12.8. The molecule has 4 unspecified atom stereocenters. The Morgan fingerprint density at radius 2 is 1.15 bits per heavy atom. The van der Waals surface area contributed by atoms with Crippen molar-refractivity contribution < 1.29 is 9.47 Å². The van der Waals surface area contributed by atoms with E-state index < -0.39 is 0 Å². The van der Waals surface area contributed by atoms with Gasteiger partial charge in [-0.25, -0.2) is 19.0 Å². The van der Waals surface area contributed by atoms with Crippen molar-refractivity contribution in [2.45, 2.75) is 88.5 Å². The van der Waals surface area contributed by atoms with Crippen molar-refractivity contribution in [3.8, 4) is 0 Å². The molecule has 4 saturated heterocycles. The van der Waals surface area contributed by atoms with E-state index in [1.807, 2.05) is 37.3 Å². The van der Waals surface area contributed by atoms with Gasteiger partial charge in [0.1, 0.15) is 23.3 Å². The number of halogens is 1. The molecule has 14 nitrogen and oxygen atoms in total. The highest BCUT2D eigenvalue weighted by Gasteiger charge is 2.36. The van der Waals surface area contributed by atoms with Crippen LogP contribution in [0, 0.1) is 11.8 Å². The molecule has 4 aliphatic heterocycles. The second kappa shape index (κ2) is 19.5. The van der Waals surface area contributed by atoms with Crippen LogP contribution in [0.4, 0.5) is 0 Å². The van der Waals surface area contributed by atoms with E-state index in [0.717, 1.165) is 102 Å². The summed E-state index contributed by atoms with van der Waals surface area (Å²) in [6.07, 6.45) is 7.00. The number of alkyl halides is 1. The van der Waals surface area contributed by atoms with E-state index in [2.05, 4.69) is 81.3 Å². The summed E-state index contributed by atoms with van der Waals surface area (Å²) in [4.78, 5) is 42.7. The normalized spacial score (nSPS) is 23.6. The first kappa shape index (κ1) is 42.9. The minimum absolute atomic E-state index is 0.102. The average Bonchev–Trinajstić information content (AvgIpc) is 4.11. The van der Waals surface area contributed by atoms with Crippen LogP contribution in [-0.2, 0) is 9.47 Å². The fourth-order valence-electron chi connectivity index (χ4n) is 9.18. The first-order chi connectivity index (χ1) is 29.7. The van der Waals surface area contributed by atoms with Gasteiger partial charge in [0.25, 0.3) is 11.1 Å². The topological polar surface area (TPSA) is 160 Å². The fraction of sp³-hybridized carbons (Fsp3) is 0.522. The van der Waals surface area contributed by atoms with Crippen molar-refractivity contribution in [3.05, 3.63) is 128 Å². The summed E-state index contributed by atoms with van der Waals surface area (Å²) in [6, 6.07) is 21.0. The lowest BCUT2D eigenvalue weighted by molar-refractivity contribution is 0.0831. The molecule has 4 aromatic heterocycles. The third kappa shape index (κ3) is 9.68. The van der Waals surface area contributed by atoms with Crippen molar-refractivity contribution in [3.63, 3.8) is 0 Å². The van der Waals surface area contributed by atoms with Gasteiger partial charge in [-0.15, -0.1) is 11.6 Å². The minimum atomic E-state index is -0.104. The summed E-state index contributed by atoms with van der Waals surface area (Å²) in [7, 11) is 0. The van der Waals surface area contributed by atoms with Gasteiger partial charge >= 0.3 is 0 Å². The van der Waals surface area contributed by atoms with Gasteiger partial charge in [-0.05, 0) is 69.0 Å². The Balaban J connectivity index is 0.000000144. The Hall–Kier alpha value is -4.73. The number of ether oxygens (including phenoxy) is 2. The smallest absolute Gasteiger partial charge is 0.276 e. The molecule has 6 atom stereocenters. The molecule has 61 heavy (non-hydrogen) atoms. The third-order valence-corrected chi connectivity index (χ3v) is 13.3. The SMILES string of the molecule is CC1CN([C@@H](C)c2ccccc2)CC1c1nn2c(C3CCOCC3)ncc2c(=O)[nH]1.CC1CNCC1c1nn2c(C3CCOCC3)ncc2c(=O)[nH]1.C[C@H](Cl)c1ccccc1. The number of rotatable bonds is 7. The zero-order chi connectivity index (χ0) is 42.5. The van der Waals surface area contributed by atoms with E-state index in [1.165, 1.54) is 11.1 Å². The molecule has 0 radical (unpaired) electrons. The maximum absolute atomic E-state index is 12.8. The summed E-state index contributed by atoms with van der Waals surface area (Å²) >= 11 is 5.80. The van der Waals surface area contributed by atoms with Crippen molar-refractivity contribution in [2.75, 3.05) is 52.6 Å². The summed E-state index contributed by atoms with van der Waals surface area (Å²) < 4.78 is 14.5. The van der Waals surface area contributed by atoms with Gasteiger partial charge in [-0.2, -0.15) is 10.2 Å². The van der Waals surface area contributed by atoms with Crippen LogP contribution in [-0.4, -0.2) is 96.7 Å². The van der Waals surface area contributed by atoms with Crippen LogP contribution < -0.4 is 16.4 Å². The predicted molar refractivity (Wildman–Crippen MR) is 237 cm³/mol. The van der Waals surface area contributed by atoms with E-state index in [4.69, 9.17) is 31.3 Å². The summed E-state index contributed by atoms with van der Waals surface area (Å²) in [5.41, 5.74) is 3.35. The lowest BCUT2D eigenvalue weighted by Crippen LogP contribution is -2.26. The van der Waals surface area contributed by atoms with Crippen LogP contribution in [0.15, 0.2) is 82.6 Å². The number of hydrogen-bond donors (Lipinski definition) is 3. The molecular formula is C46H59ClN10O4. The number of nitrogens with zero attached hydrogens (tertiary/aromatic N) is 7. The molecule has 0 amide bonds. The number of hydrogen-bond acceptors (Lipinski definition) is 10. The molecule has 3 N–H and O–H groups in total. The van der Waals surface area contributed by atoms with E-state index in [0.29, 0.717) is 40.7 Å². The number of imidazole rings is 2. The van der Waals surface area contributed by atoms with E-state index in [-0.39, 0.29) is 28.3 Å². The molecule has 6 aromatic rings. The number of benzene rings is 2. The summed E-state index contributed by atoms with van der Waals surface area (Å²) in [5, 5.41) is 13.1. The van der Waals surface area contributed by atoms with Crippen LogP contribution in [0.1, 0.15) is 123 Å². The van der Waals surface area contributed by atoms with Gasteiger partial charge in [0.05, 0.1) is 17.8 Å². The van der Waals surface area contributed by atoms with Crippen LogP contribution in [0.5, 0.6) is 0 Å². The lowest BCUT2D eigenvalue weighted by Gasteiger charge is -2.24. The number of likely N-dealkylation sites (tertiary alicyclic amines) is 1. The molecule has 2 aromatic carbocycles. The summed E-state index contributed by atoms with van der Waals surface area (Å²) in [5.74, 6) is 5.25. The number of H-pyrrole nitrogens is 2. The molecule has 0 saturated carbocycles. The Morgan fingerprint density at radius 3 is 1.61 bits per heavy atom. The zero-order valence-electron chi connectivity index (χ0n) is 35.7. The Kier molecular flexibility index (Phi) is 13.8. The number of aromatic amines is 2. The van der Waals surface area contributed by atoms with E-state index in [1.54, 1.807) is 21.4 Å². The number of aromatic nitrogens is 8. The van der Waals surface area contributed by atoms with E-state index in [9.17, 15) is 9.59 Å². The Bertz CT molecular complexity index is 2460. The molecular weight excluding hydrogens is 792 g/mol. The van der Waals surface area contributed by atoms with Crippen LogP contribution in [0.25, 0.3) is 11.0 Å². The van der Waals surface area contributed by atoms with Gasteiger partial charge in [0.2, 0.25) is 0 Å². The highest BCUT2D eigenvalue weighted by Crippen LogP contribution is 2.36. The zero-order valence-corrected chi connectivity index (χ0v) is 36.4. The van der Waals surface area contributed by atoms with Crippen LogP contribution >= 0.6 is 11.6 Å². The molecule has 15 heteroatoms. The lowest BCUT2D eigenvalue weighted by atomic mass is 9.97. The average molecular weight is 851 g/mol. The van der Waals surface area contributed by atoms with Crippen molar-refractivity contribution in [1.29, 1.82) is 0 Å². The highest BCUT2D eigenvalue weighted by molar-refractivity contribution is 6.20. The monoisotopic (exact) mass is 850 g/mol. The Morgan fingerprint density at radius 1 is 0.656 bits per heavy atom. The van der Waals surface area contributed by atoms with Crippen molar-refractivity contribution in [1.82, 2.24) is 49.4 Å². The van der Waals surface area contributed by atoms with Gasteiger partial charge in [-0.1, -0.05) is 74.5 Å². The van der Waals surface area contributed by atoms with Gasteiger partial charge in [0.15, 0.2) is 11.0 Å². The third-order valence-electron chi connectivity index (χ3n) is 13.0. The number of nitrogens with one attached hydrogen (secondary N) is 3. The highest BCUT2D eigenvalue weighted by atomic mass is 35.5. The van der Waals surface area contributed by atoms with Gasteiger partial charge in [0, 0.05) is 75.8 Å². The predicted octanol–water partition coefficient (Wildman–Crippen LogP) is 6.73. The quantitative estimate of drug-likeness (QED) is 0.147. The molecule has 4 fully saturated rings. The molecule has 4 aliphatic rings. The van der Waals surface area contributed by atoms with Gasteiger partial charge in [-0.3, -0.25) is 14.5 Å². The molecule has 324 valence electrons. The second-order valence-electron chi connectivity index (χ2n) is 17.2. The van der Waals surface area contributed by atoms with Crippen molar-refractivity contribution >= 4 is 22.6 Å². The molecule has 0 spiro atoms. The fourth-order valence-corrected chi connectivity index (χ4v) is 9.33. The standard InChI is InChI=1S/C23H29N5O2.C15H21N5O2.C8H9Cl/c1-15-13-27(16(2)17-6-4-3-5-7-17)14-19(15)21-25-23(29)20-12-24-22(28(20)26-21)18-8-10-30-11-9-18;1-9-6-16-7-11(9)13-18-15(21)12-8-17-14(20(12)19-13)10-2-4-22-5-3-10;1-7(9)8-5-3-2-4-6-8/h3-7,12,15-16,18-19H,8-11,13-14H2,1-2H3,(H,25,26,29);8-11,16H,2-7H2,1H3,(H,18,19,21);2-7H,1H3/t15?,16-,19?;;7-/m0.0/s1. The van der Waals surface area contributed by atoms with Crippen LogP contribution in [0.3, 0.4) is 0 Å². The molecule has 0 aliphatic carbocycles. The molecule has 10 rings (SSSR count). The maximum Gasteiger partial charge on any atom is 0.276 e. The first-order valence-electron chi connectivity index (χ1n) is 22.0. The second-order valence-corrected chi connectivity index (χ2v) is 17.8. The molecule has 0 bridgehead atoms. The van der Waals surface area contributed by atoms with E-state index >= 15 is 0 Å². The summed E-state index contributed by atoms with van der Waals surface area (Å²) in [6.45, 7) is 15.3. The first-order valence-corrected chi connectivity index (χ1v) is 22.4. The number of fused-ring (bicyclic) bond motifs is 2.